The van der Waals surface area contributed by atoms with Crippen molar-refractivity contribution in [2.24, 2.45) is 5.92 Å². The molecule has 0 aromatic carbocycles. The quantitative estimate of drug-likeness (QED) is 0.842. The van der Waals surface area contributed by atoms with Gasteiger partial charge in [-0.05, 0) is 25.8 Å². The van der Waals surface area contributed by atoms with E-state index < -0.39 is 0 Å². The molecule has 2 aromatic rings. The molecule has 1 saturated carbocycles. The van der Waals surface area contributed by atoms with Crippen LogP contribution in [-0.2, 0) is 4.79 Å². The van der Waals surface area contributed by atoms with E-state index in [1.807, 2.05) is 31.5 Å². The molecule has 0 spiro atoms. The number of hydrogen-bond donors (Lipinski definition) is 1. The summed E-state index contributed by atoms with van der Waals surface area (Å²) < 4.78 is 1.99. The fourth-order valence-electron chi connectivity index (χ4n) is 2.51. The van der Waals surface area contributed by atoms with Gasteiger partial charge in [0.2, 0.25) is 0 Å². The van der Waals surface area contributed by atoms with Crippen LogP contribution in [0.5, 0.6) is 0 Å². The van der Waals surface area contributed by atoms with Gasteiger partial charge in [-0.2, -0.15) is 5.10 Å². The molecule has 5 heteroatoms. The number of carbonyl (C=O) groups excluding carboxylic acids is 1. The van der Waals surface area contributed by atoms with Gasteiger partial charge in [0.25, 0.3) is 0 Å². The minimum atomic E-state index is 0.193. The zero-order valence-electron chi connectivity index (χ0n) is 11.6. The average molecular weight is 260 g/mol. The van der Waals surface area contributed by atoms with Gasteiger partial charge in [-0.1, -0.05) is 13.8 Å². The minimum absolute atomic E-state index is 0.193. The lowest BCUT2D eigenvalue weighted by Gasteiger charge is -2.32. The van der Waals surface area contributed by atoms with Crippen LogP contribution in [0.4, 0.5) is 5.82 Å². The molecule has 0 atom stereocenters. The van der Waals surface area contributed by atoms with Gasteiger partial charge in [-0.25, -0.2) is 4.98 Å². The van der Waals surface area contributed by atoms with E-state index in [9.17, 15) is 4.79 Å². The Balaban J connectivity index is 0.000000637. The molecule has 102 valence electrons. The van der Waals surface area contributed by atoms with Gasteiger partial charge >= 0.3 is 0 Å². The Morgan fingerprint density at radius 2 is 2.11 bits per heavy atom. The van der Waals surface area contributed by atoms with E-state index >= 15 is 0 Å². The van der Waals surface area contributed by atoms with Crippen LogP contribution in [0.15, 0.2) is 12.3 Å². The Hall–Kier alpha value is -1.91. The molecule has 2 aromatic heterocycles. The first-order chi connectivity index (χ1) is 9.20. The molecular weight excluding hydrogens is 240 g/mol. The van der Waals surface area contributed by atoms with E-state index in [0.717, 1.165) is 35.7 Å². The predicted octanol–water partition coefficient (Wildman–Crippen LogP) is 2.50. The van der Waals surface area contributed by atoms with Crippen LogP contribution in [0.25, 0.3) is 10.9 Å². The fourth-order valence-corrected chi connectivity index (χ4v) is 2.51. The highest BCUT2D eigenvalue weighted by Crippen LogP contribution is 2.38. The summed E-state index contributed by atoms with van der Waals surface area (Å²) in [6.45, 7) is 5.94. The summed E-state index contributed by atoms with van der Waals surface area (Å²) in [5, 5.41) is 5.45. The van der Waals surface area contributed by atoms with Gasteiger partial charge < -0.3 is 10.5 Å². The third-order valence-corrected chi connectivity index (χ3v) is 3.51. The SMILES string of the molecule is CC.Cc1nn(C2CC(C=O)C2)c2ccnc(N)c12. The second kappa shape index (κ2) is 5.38. The molecule has 3 rings (SSSR count). The van der Waals surface area contributed by atoms with Gasteiger partial charge in [-0.3, -0.25) is 4.68 Å². The van der Waals surface area contributed by atoms with Gasteiger partial charge in [0.15, 0.2) is 0 Å². The smallest absolute Gasteiger partial charge is 0.134 e. The van der Waals surface area contributed by atoms with Crippen molar-refractivity contribution in [3.05, 3.63) is 18.0 Å². The molecule has 1 fully saturated rings. The molecule has 2 N–H and O–H groups in total. The maximum Gasteiger partial charge on any atom is 0.134 e. The standard InChI is InChI=1S/C12H14N4O.C2H6/c1-7-11-10(2-3-14-12(11)13)16(15-7)9-4-8(5-9)6-17;1-2/h2-3,6,8-9H,4-5H2,1H3,(H2,13,14);1-2H3. The summed E-state index contributed by atoms with van der Waals surface area (Å²) in [6, 6.07) is 2.25. The predicted molar refractivity (Wildman–Crippen MR) is 75.9 cm³/mol. The number of rotatable bonds is 2. The number of fused-ring (bicyclic) bond motifs is 1. The zero-order chi connectivity index (χ0) is 14.0. The first-order valence-electron chi connectivity index (χ1n) is 6.75. The number of carbonyl (C=O) groups is 1. The van der Waals surface area contributed by atoms with Crippen LogP contribution in [0.1, 0.15) is 38.4 Å². The van der Waals surface area contributed by atoms with Crippen molar-refractivity contribution in [1.29, 1.82) is 0 Å². The number of aromatic nitrogens is 3. The van der Waals surface area contributed by atoms with Crippen LogP contribution in [0, 0.1) is 12.8 Å². The number of aryl methyl sites for hydroxylation is 1. The maximum absolute atomic E-state index is 10.6. The highest BCUT2D eigenvalue weighted by Gasteiger charge is 2.32. The van der Waals surface area contributed by atoms with Gasteiger partial charge in [-0.15, -0.1) is 0 Å². The highest BCUT2D eigenvalue weighted by molar-refractivity contribution is 5.90. The number of hydrogen-bond acceptors (Lipinski definition) is 4. The third-order valence-electron chi connectivity index (χ3n) is 3.51. The van der Waals surface area contributed by atoms with Crippen molar-refractivity contribution < 1.29 is 4.79 Å². The topological polar surface area (TPSA) is 73.8 Å². The van der Waals surface area contributed by atoms with Crippen molar-refractivity contribution in [2.75, 3.05) is 5.73 Å². The number of nitrogens with zero attached hydrogens (tertiary/aromatic N) is 3. The number of anilines is 1. The Kier molecular flexibility index (Phi) is 3.83. The maximum atomic E-state index is 10.6. The van der Waals surface area contributed by atoms with E-state index in [-0.39, 0.29) is 5.92 Å². The number of nitrogens with two attached hydrogens (primary N) is 1. The minimum Gasteiger partial charge on any atom is -0.383 e. The molecule has 0 aliphatic heterocycles. The summed E-state index contributed by atoms with van der Waals surface area (Å²) >= 11 is 0. The Bertz CT molecular complexity index is 584. The van der Waals surface area contributed by atoms with E-state index in [0.29, 0.717) is 11.9 Å². The van der Waals surface area contributed by atoms with Gasteiger partial charge in [0.05, 0.1) is 22.6 Å². The molecule has 0 amide bonds. The largest absolute Gasteiger partial charge is 0.383 e. The molecule has 2 heterocycles. The first-order valence-corrected chi connectivity index (χ1v) is 6.75. The van der Waals surface area contributed by atoms with Crippen molar-refractivity contribution in [3.8, 4) is 0 Å². The van der Waals surface area contributed by atoms with E-state index in [4.69, 9.17) is 5.73 Å². The zero-order valence-corrected chi connectivity index (χ0v) is 11.6. The first kappa shape index (κ1) is 13.5. The molecule has 0 radical (unpaired) electrons. The Labute approximate surface area is 112 Å². The van der Waals surface area contributed by atoms with Gasteiger partial charge in [0, 0.05) is 12.1 Å². The van der Waals surface area contributed by atoms with Gasteiger partial charge in [0.1, 0.15) is 12.1 Å². The lowest BCUT2D eigenvalue weighted by molar-refractivity contribution is -0.114. The molecule has 1 aliphatic rings. The molecular formula is C14H20N4O. The van der Waals surface area contributed by atoms with Crippen LogP contribution in [0.2, 0.25) is 0 Å². The Morgan fingerprint density at radius 1 is 1.42 bits per heavy atom. The van der Waals surface area contributed by atoms with E-state index in [1.165, 1.54) is 0 Å². The average Bonchev–Trinajstić information content (AvgIpc) is 2.70. The van der Waals surface area contributed by atoms with Crippen molar-refractivity contribution in [2.45, 2.75) is 39.7 Å². The summed E-state index contributed by atoms with van der Waals surface area (Å²) in [6.07, 6.45) is 4.49. The Morgan fingerprint density at radius 3 is 2.74 bits per heavy atom. The molecule has 0 saturated heterocycles. The lowest BCUT2D eigenvalue weighted by Crippen LogP contribution is -2.28. The fraction of sp³-hybridized carbons (Fsp3) is 0.500. The second-order valence-electron chi connectivity index (χ2n) is 4.64. The van der Waals surface area contributed by atoms with E-state index in [1.54, 1.807) is 6.20 Å². The molecule has 0 unspecified atom stereocenters. The highest BCUT2D eigenvalue weighted by atomic mass is 16.1. The molecule has 1 aliphatic carbocycles. The third kappa shape index (κ3) is 2.20. The number of aldehydes is 1. The molecule has 0 bridgehead atoms. The summed E-state index contributed by atoms with van der Waals surface area (Å²) in [7, 11) is 0. The van der Waals surface area contributed by atoms with Crippen LogP contribution < -0.4 is 5.73 Å². The van der Waals surface area contributed by atoms with Crippen molar-refractivity contribution in [3.63, 3.8) is 0 Å². The van der Waals surface area contributed by atoms with E-state index in [2.05, 4.69) is 10.1 Å². The summed E-state index contributed by atoms with van der Waals surface area (Å²) in [4.78, 5) is 14.7. The number of nitrogen functional groups attached to an aromatic ring is 1. The molecule has 5 nitrogen and oxygen atoms in total. The normalized spacial score (nSPS) is 21.4. The monoisotopic (exact) mass is 260 g/mol. The second-order valence-corrected chi connectivity index (χ2v) is 4.64. The summed E-state index contributed by atoms with van der Waals surface area (Å²) in [5.41, 5.74) is 7.78. The number of pyridine rings is 1. The summed E-state index contributed by atoms with van der Waals surface area (Å²) in [5.74, 6) is 0.719. The molecule has 19 heavy (non-hydrogen) atoms. The van der Waals surface area contributed by atoms with Crippen LogP contribution in [-0.4, -0.2) is 21.1 Å². The van der Waals surface area contributed by atoms with Crippen LogP contribution >= 0.6 is 0 Å². The van der Waals surface area contributed by atoms with Crippen molar-refractivity contribution >= 4 is 23.0 Å². The van der Waals surface area contributed by atoms with Crippen molar-refractivity contribution in [1.82, 2.24) is 14.8 Å². The van der Waals surface area contributed by atoms with Crippen LogP contribution in [0.3, 0.4) is 0 Å². The lowest BCUT2D eigenvalue weighted by atomic mass is 9.81.